The Morgan fingerprint density at radius 2 is 1.46 bits per heavy atom. The molecule has 0 bridgehead atoms. The minimum atomic E-state index is 0.659. The highest BCUT2D eigenvalue weighted by Gasteiger charge is 2.12. The van der Waals surface area contributed by atoms with Crippen LogP contribution in [-0.2, 0) is 0 Å². The van der Waals surface area contributed by atoms with Gasteiger partial charge >= 0.3 is 0 Å². The second kappa shape index (κ2) is 6.42. The Hall–Kier alpha value is -0.0400. The molecule has 0 amide bonds. The van der Waals surface area contributed by atoms with E-state index in [2.05, 4.69) is 46.9 Å². The molecule has 0 aliphatic rings. The van der Waals surface area contributed by atoms with Crippen LogP contribution in [0.5, 0.6) is 0 Å². The summed E-state index contributed by atoms with van der Waals surface area (Å²) in [5.74, 6) is 2.36. The largest absolute Gasteiger partial charge is 0.314 e. The maximum atomic E-state index is 3.61. The Labute approximate surface area is 84.3 Å². The van der Waals surface area contributed by atoms with Gasteiger partial charge in [0.2, 0.25) is 0 Å². The summed E-state index contributed by atoms with van der Waals surface area (Å²) in [6.07, 6.45) is 1.27. The number of hydrogen-bond donors (Lipinski definition) is 1. The topological polar surface area (TPSA) is 12.0 Å². The van der Waals surface area contributed by atoms with Crippen molar-refractivity contribution in [1.82, 2.24) is 5.32 Å². The van der Waals surface area contributed by atoms with E-state index >= 15 is 0 Å². The lowest BCUT2D eigenvalue weighted by atomic mass is 9.96. The lowest BCUT2D eigenvalue weighted by Crippen LogP contribution is -2.36. The van der Waals surface area contributed by atoms with Crippen molar-refractivity contribution in [2.75, 3.05) is 6.54 Å². The monoisotopic (exact) mass is 185 g/mol. The molecule has 3 atom stereocenters. The van der Waals surface area contributed by atoms with Crippen molar-refractivity contribution in [3.63, 3.8) is 0 Å². The molecule has 0 aliphatic carbocycles. The predicted octanol–water partition coefficient (Wildman–Crippen LogP) is 3.30. The second-order valence-corrected chi connectivity index (χ2v) is 4.80. The average molecular weight is 185 g/mol. The number of rotatable bonds is 6. The maximum Gasteiger partial charge on any atom is 0.00643 e. The number of nitrogens with one attached hydrogen (secondary N) is 1. The molecular formula is C12H27N. The van der Waals surface area contributed by atoms with Crippen LogP contribution in [0.2, 0.25) is 0 Å². The van der Waals surface area contributed by atoms with Crippen LogP contribution in [0, 0.1) is 17.8 Å². The van der Waals surface area contributed by atoms with Crippen molar-refractivity contribution in [2.45, 2.75) is 54.0 Å². The Balaban J connectivity index is 3.63. The zero-order chi connectivity index (χ0) is 10.4. The summed E-state index contributed by atoms with van der Waals surface area (Å²) in [6, 6.07) is 0.659. The highest BCUT2D eigenvalue weighted by Crippen LogP contribution is 2.11. The lowest BCUT2D eigenvalue weighted by Gasteiger charge is -2.23. The smallest absolute Gasteiger partial charge is 0.00643 e. The third kappa shape index (κ3) is 5.30. The van der Waals surface area contributed by atoms with E-state index in [1.165, 1.54) is 6.42 Å². The summed E-state index contributed by atoms with van der Waals surface area (Å²) < 4.78 is 0. The van der Waals surface area contributed by atoms with Crippen LogP contribution in [0.15, 0.2) is 0 Å². The first-order chi connectivity index (χ1) is 5.99. The third-order valence-corrected chi connectivity index (χ3v) is 3.40. The first-order valence-corrected chi connectivity index (χ1v) is 5.72. The molecule has 0 aliphatic heterocycles. The van der Waals surface area contributed by atoms with Gasteiger partial charge in [0, 0.05) is 6.04 Å². The molecule has 80 valence electrons. The minimum Gasteiger partial charge on any atom is -0.314 e. The van der Waals surface area contributed by atoms with Gasteiger partial charge in [0.25, 0.3) is 0 Å². The molecule has 3 unspecified atom stereocenters. The van der Waals surface area contributed by atoms with Crippen molar-refractivity contribution < 1.29 is 0 Å². The highest BCUT2D eigenvalue weighted by molar-refractivity contribution is 4.69. The van der Waals surface area contributed by atoms with Crippen molar-refractivity contribution in [1.29, 1.82) is 0 Å². The number of hydrogen-bond acceptors (Lipinski definition) is 1. The van der Waals surface area contributed by atoms with E-state index in [1.807, 2.05) is 0 Å². The van der Waals surface area contributed by atoms with Gasteiger partial charge in [0.15, 0.2) is 0 Å². The van der Waals surface area contributed by atoms with Crippen LogP contribution < -0.4 is 5.32 Å². The van der Waals surface area contributed by atoms with Crippen molar-refractivity contribution in [3.05, 3.63) is 0 Å². The van der Waals surface area contributed by atoms with Crippen LogP contribution in [0.25, 0.3) is 0 Å². The van der Waals surface area contributed by atoms with E-state index in [1.54, 1.807) is 0 Å². The van der Waals surface area contributed by atoms with Gasteiger partial charge in [-0.3, -0.25) is 0 Å². The second-order valence-electron chi connectivity index (χ2n) is 4.80. The van der Waals surface area contributed by atoms with E-state index in [4.69, 9.17) is 0 Å². The van der Waals surface area contributed by atoms with Gasteiger partial charge in [-0.25, -0.2) is 0 Å². The molecule has 0 aromatic carbocycles. The van der Waals surface area contributed by atoms with Gasteiger partial charge in [0.1, 0.15) is 0 Å². The average Bonchev–Trinajstić information content (AvgIpc) is 2.11. The molecule has 1 heteroatoms. The molecule has 1 nitrogen and oxygen atoms in total. The molecule has 0 spiro atoms. The van der Waals surface area contributed by atoms with Crippen molar-refractivity contribution in [2.24, 2.45) is 17.8 Å². The van der Waals surface area contributed by atoms with Gasteiger partial charge in [-0.15, -0.1) is 0 Å². The van der Waals surface area contributed by atoms with Gasteiger partial charge in [-0.2, -0.15) is 0 Å². The Morgan fingerprint density at radius 1 is 0.923 bits per heavy atom. The molecule has 0 radical (unpaired) electrons. The molecule has 0 heterocycles. The van der Waals surface area contributed by atoms with Gasteiger partial charge in [-0.05, 0) is 31.2 Å². The Bertz CT molecular complexity index is 120. The molecule has 0 saturated carbocycles. The quantitative estimate of drug-likeness (QED) is 0.669. The Kier molecular flexibility index (Phi) is 6.40. The van der Waals surface area contributed by atoms with Crippen LogP contribution in [-0.4, -0.2) is 12.6 Å². The van der Waals surface area contributed by atoms with Gasteiger partial charge < -0.3 is 5.32 Å². The van der Waals surface area contributed by atoms with E-state index in [0.717, 1.165) is 24.3 Å². The first-order valence-electron chi connectivity index (χ1n) is 5.72. The molecule has 13 heavy (non-hydrogen) atoms. The molecule has 1 N–H and O–H groups in total. The molecule has 0 aromatic rings. The SMILES string of the molecule is CCC(C)C(C)NCC(C)C(C)C. The van der Waals surface area contributed by atoms with E-state index in [-0.39, 0.29) is 0 Å². The van der Waals surface area contributed by atoms with Crippen LogP contribution in [0.4, 0.5) is 0 Å². The van der Waals surface area contributed by atoms with Crippen molar-refractivity contribution >= 4 is 0 Å². The molecule has 0 aromatic heterocycles. The molecule has 0 fully saturated rings. The first kappa shape index (κ1) is 13.0. The summed E-state index contributed by atoms with van der Waals surface area (Å²) >= 11 is 0. The summed E-state index contributed by atoms with van der Waals surface area (Å²) in [5.41, 5.74) is 0. The zero-order valence-corrected chi connectivity index (χ0v) is 10.2. The van der Waals surface area contributed by atoms with Gasteiger partial charge in [-0.1, -0.05) is 41.0 Å². The van der Waals surface area contributed by atoms with Crippen molar-refractivity contribution in [3.8, 4) is 0 Å². The summed E-state index contributed by atoms with van der Waals surface area (Å²) in [4.78, 5) is 0. The molecule has 0 rings (SSSR count). The zero-order valence-electron chi connectivity index (χ0n) is 10.2. The predicted molar refractivity (Wildman–Crippen MR) is 60.9 cm³/mol. The van der Waals surface area contributed by atoms with Gasteiger partial charge in [0.05, 0.1) is 0 Å². The third-order valence-electron chi connectivity index (χ3n) is 3.40. The van der Waals surface area contributed by atoms with Crippen LogP contribution in [0.3, 0.4) is 0 Å². The summed E-state index contributed by atoms with van der Waals surface area (Å²) in [5, 5.41) is 3.61. The fraction of sp³-hybridized carbons (Fsp3) is 1.00. The van der Waals surface area contributed by atoms with Crippen LogP contribution in [0.1, 0.15) is 48.0 Å². The maximum absolute atomic E-state index is 3.61. The van der Waals surface area contributed by atoms with E-state index < -0.39 is 0 Å². The van der Waals surface area contributed by atoms with E-state index in [9.17, 15) is 0 Å². The standard InChI is InChI=1S/C12H27N/c1-7-10(4)12(6)13-8-11(5)9(2)3/h9-13H,7-8H2,1-6H3. The highest BCUT2D eigenvalue weighted by atomic mass is 14.9. The van der Waals surface area contributed by atoms with E-state index in [0.29, 0.717) is 6.04 Å². The minimum absolute atomic E-state index is 0.659. The normalized spacial score (nSPS) is 18.7. The molecular weight excluding hydrogens is 158 g/mol. The summed E-state index contributed by atoms with van der Waals surface area (Å²) in [6.45, 7) is 14.9. The fourth-order valence-electron chi connectivity index (χ4n) is 1.16. The Morgan fingerprint density at radius 3 is 1.85 bits per heavy atom. The lowest BCUT2D eigenvalue weighted by molar-refractivity contribution is 0.329. The fourth-order valence-corrected chi connectivity index (χ4v) is 1.16. The van der Waals surface area contributed by atoms with Crippen LogP contribution >= 0.6 is 0 Å². The summed E-state index contributed by atoms with van der Waals surface area (Å²) in [7, 11) is 0. The molecule has 0 saturated heterocycles.